The molecule has 1 saturated carbocycles. The van der Waals surface area contributed by atoms with Gasteiger partial charge in [0, 0.05) is 12.2 Å². The van der Waals surface area contributed by atoms with Crippen molar-refractivity contribution in [2.75, 3.05) is 0 Å². The van der Waals surface area contributed by atoms with Crippen LogP contribution in [0.4, 0.5) is 4.39 Å². The molecule has 1 fully saturated rings. The molecular weight excluding hydrogens is 219 g/mol. The van der Waals surface area contributed by atoms with Gasteiger partial charge in [0.1, 0.15) is 0 Å². The zero-order valence-electron chi connectivity index (χ0n) is 9.95. The minimum Gasteiger partial charge on any atom is -0.349 e. The molecule has 0 aliphatic heterocycles. The van der Waals surface area contributed by atoms with Crippen molar-refractivity contribution in [1.29, 1.82) is 0 Å². The Morgan fingerprint density at radius 1 is 1.53 bits per heavy atom. The second-order valence-corrected chi connectivity index (χ2v) is 4.80. The first-order chi connectivity index (χ1) is 8.16. The first kappa shape index (κ1) is 12.0. The van der Waals surface area contributed by atoms with Crippen molar-refractivity contribution in [3.63, 3.8) is 0 Å². The Morgan fingerprint density at radius 2 is 2.35 bits per heavy atom. The van der Waals surface area contributed by atoms with Crippen LogP contribution in [0.1, 0.15) is 43.0 Å². The third-order valence-electron chi connectivity index (χ3n) is 3.29. The second kappa shape index (κ2) is 5.25. The standard InChI is InChI=1S/C13H17FN2O/c1-9-3-2-4-10(7-9)16-13(17)11-5-6-15-8-12(11)14/h5-6,8-10H,2-4,7H2,1H3,(H,16,17). The lowest BCUT2D eigenvalue weighted by Gasteiger charge is -2.27. The summed E-state index contributed by atoms with van der Waals surface area (Å²) in [5, 5.41) is 2.90. The lowest BCUT2D eigenvalue weighted by molar-refractivity contribution is 0.0917. The summed E-state index contributed by atoms with van der Waals surface area (Å²) in [6.07, 6.45) is 6.82. The molecule has 1 aliphatic carbocycles. The van der Waals surface area contributed by atoms with Gasteiger partial charge in [-0.15, -0.1) is 0 Å². The Balaban J connectivity index is 1.99. The second-order valence-electron chi connectivity index (χ2n) is 4.80. The highest BCUT2D eigenvalue weighted by Gasteiger charge is 2.21. The number of nitrogens with zero attached hydrogens (tertiary/aromatic N) is 1. The fourth-order valence-electron chi connectivity index (χ4n) is 2.39. The molecule has 1 N–H and O–H groups in total. The third kappa shape index (κ3) is 3.02. The number of nitrogens with one attached hydrogen (secondary N) is 1. The van der Waals surface area contributed by atoms with E-state index >= 15 is 0 Å². The molecule has 1 heterocycles. The molecule has 0 aromatic carbocycles. The summed E-state index contributed by atoms with van der Waals surface area (Å²) in [6.45, 7) is 2.19. The first-order valence-electron chi connectivity index (χ1n) is 6.07. The van der Waals surface area contributed by atoms with Crippen LogP contribution < -0.4 is 5.32 Å². The van der Waals surface area contributed by atoms with Crippen molar-refractivity contribution < 1.29 is 9.18 Å². The maximum atomic E-state index is 13.3. The van der Waals surface area contributed by atoms with Gasteiger partial charge in [0.2, 0.25) is 0 Å². The van der Waals surface area contributed by atoms with Crippen LogP contribution in [-0.4, -0.2) is 16.9 Å². The molecule has 92 valence electrons. The molecule has 4 heteroatoms. The van der Waals surface area contributed by atoms with Gasteiger partial charge in [-0.25, -0.2) is 4.39 Å². The Kier molecular flexibility index (Phi) is 3.71. The molecule has 2 atom stereocenters. The van der Waals surface area contributed by atoms with Gasteiger partial charge in [0.15, 0.2) is 5.82 Å². The summed E-state index contributed by atoms with van der Waals surface area (Å²) in [5.41, 5.74) is 0.0817. The quantitative estimate of drug-likeness (QED) is 0.857. The first-order valence-corrected chi connectivity index (χ1v) is 6.07. The number of pyridine rings is 1. The monoisotopic (exact) mass is 236 g/mol. The molecule has 1 amide bonds. The van der Waals surface area contributed by atoms with Gasteiger partial charge < -0.3 is 5.32 Å². The number of hydrogen-bond acceptors (Lipinski definition) is 2. The summed E-state index contributed by atoms with van der Waals surface area (Å²) >= 11 is 0. The summed E-state index contributed by atoms with van der Waals surface area (Å²) < 4.78 is 13.3. The van der Waals surface area contributed by atoms with E-state index in [9.17, 15) is 9.18 Å². The van der Waals surface area contributed by atoms with Crippen LogP contribution in [0.2, 0.25) is 0 Å². The van der Waals surface area contributed by atoms with Gasteiger partial charge in [-0.05, 0) is 24.8 Å². The lowest BCUT2D eigenvalue weighted by atomic mass is 9.87. The van der Waals surface area contributed by atoms with Crippen LogP contribution in [-0.2, 0) is 0 Å². The fraction of sp³-hybridized carbons (Fsp3) is 0.538. The average molecular weight is 236 g/mol. The molecule has 1 aromatic heterocycles. The van der Waals surface area contributed by atoms with Gasteiger partial charge in [-0.2, -0.15) is 0 Å². The summed E-state index contributed by atoms with van der Waals surface area (Å²) in [7, 11) is 0. The smallest absolute Gasteiger partial charge is 0.254 e. The number of aromatic nitrogens is 1. The van der Waals surface area contributed by atoms with Crippen LogP contribution in [0, 0.1) is 11.7 Å². The van der Waals surface area contributed by atoms with E-state index < -0.39 is 5.82 Å². The van der Waals surface area contributed by atoms with E-state index in [0.717, 1.165) is 25.5 Å². The molecule has 3 nitrogen and oxygen atoms in total. The molecule has 17 heavy (non-hydrogen) atoms. The summed E-state index contributed by atoms with van der Waals surface area (Å²) in [6, 6.07) is 1.59. The minimum atomic E-state index is -0.561. The van der Waals surface area contributed by atoms with Crippen LogP contribution >= 0.6 is 0 Å². The van der Waals surface area contributed by atoms with Gasteiger partial charge in [0.05, 0.1) is 11.8 Å². The molecule has 2 rings (SSSR count). The Hall–Kier alpha value is -1.45. The molecule has 0 radical (unpaired) electrons. The van der Waals surface area contributed by atoms with E-state index in [0.29, 0.717) is 5.92 Å². The van der Waals surface area contributed by atoms with E-state index in [1.807, 2.05) is 0 Å². The molecule has 0 bridgehead atoms. The van der Waals surface area contributed by atoms with E-state index in [1.54, 1.807) is 0 Å². The van der Waals surface area contributed by atoms with E-state index in [1.165, 1.54) is 18.7 Å². The summed E-state index contributed by atoms with van der Waals surface area (Å²) in [5.74, 6) is -0.255. The maximum Gasteiger partial charge on any atom is 0.254 e. The maximum absolute atomic E-state index is 13.3. The van der Waals surface area contributed by atoms with Crippen molar-refractivity contribution in [2.24, 2.45) is 5.92 Å². The highest BCUT2D eigenvalue weighted by Crippen LogP contribution is 2.23. The lowest BCUT2D eigenvalue weighted by Crippen LogP contribution is -2.38. The fourth-order valence-corrected chi connectivity index (χ4v) is 2.39. The van der Waals surface area contributed by atoms with Crippen LogP contribution in [0.15, 0.2) is 18.5 Å². The zero-order valence-corrected chi connectivity index (χ0v) is 9.95. The normalized spacial score (nSPS) is 24.4. The third-order valence-corrected chi connectivity index (χ3v) is 3.29. The number of carbonyl (C=O) groups is 1. The van der Waals surface area contributed by atoms with Crippen LogP contribution in [0.5, 0.6) is 0 Å². The van der Waals surface area contributed by atoms with Gasteiger partial charge >= 0.3 is 0 Å². The molecule has 2 unspecified atom stereocenters. The van der Waals surface area contributed by atoms with Gasteiger partial charge in [-0.1, -0.05) is 19.8 Å². The number of carbonyl (C=O) groups excluding carboxylic acids is 1. The average Bonchev–Trinajstić information content (AvgIpc) is 2.29. The number of hydrogen-bond donors (Lipinski definition) is 1. The molecule has 0 saturated heterocycles. The van der Waals surface area contributed by atoms with E-state index in [4.69, 9.17) is 0 Å². The number of rotatable bonds is 2. The highest BCUT2D eigenvalue weighted by molar-refractivity contribution is 5.94. The highest BCUT2D eigenvalue weighted by atomic mass is 19.1. The minimum absolute atomic E-state index is 0.0817. The van der Waals surface area contributed by atoms with Gasteiger partial charge in [0.25, 0.3) is 5.91 Å². The van der Waals surface area contributed by atoms with Crippen molar-refractivity contribution in [3.05, 3.63) is 29.8 Å². The van der Waals surface area contributed by atoms with Crippen molar-refractivity contribution in [3.8, 4) is 0 Å². The largest absolute Gasteiger partial charge is 0.349 e. The van der Waals surface area contributed by atoms with E-state index in [-0.39, 0.29) is 17.5 Å². The van der Waals surface area contributed by atoms with Crippen LogP contribution in [0.25, 0.3) is 0 Å². The Labute approximate surface area is 100 Å². The van der Waals surface area contributed by atoms with Crippen molar-refractivity contribution in [1.82, 2.24) is 10.3 Å². The van der Waals surface area contributed by atoms with E-state index in [2.05, 4.69) is 17.2 Å². The molecule has 1 aromatic rings. The Morgan fingerprint density at radius 3 is 3.06 bits per heavy atom. The predicted octanol–water partition coefficient (Wildman–Crippen LogP) is 2.53. The Bertz CT molecular complexity index is 408. The molecule has 1 aliphatic rings. The van der Waals surface area contributed by atoms with Gasteiger partial charge in [-0.3, -0.25) is 9.78 Å². The zero-order chi connectivity index (χ0) is 12.3. The number of amides is 1. The SMILES string of the molecule is CC1CCCC(NC(=O)c2ccncc2F)C1. The molecular formula is C13H17FN2O. The topological polar surface area (TPSA) is 42.0 Å². The predicted molar refractivity (Wildman–Crippen MR) is 63.1 cm³/mol. The summed E-state index contributed by atoms with van der Waals surface area (Å²) in [4.78, 5) is 15.5. The van der Waals surface area contributed by atoms with Crippen molar-refractivity contribution in [2.45, 2.75) is 38.6 Å². The van der Waals surface area contributed by atoms with Crippen molar-refractivity contribution >= 4 is 5.91 Å². The molecule has 0 spiro atoms. The van der Waals surface area contributed by atoms with Crippen LogP contribution in [0.3, 0.4) is 0 Å². The number of halogens is 1.